The Bertz CT molecular complexity index is 139. The Kier molecular flexibility index (Phi) is 16.4. The maximum absolute atomic E-state index is 8.98. The molecule has 98 valence electrons. The molecular formula is C12H26O4. The molecule has 0 aliphatic heterocycles. The molecule has 0 saturated carbocycles. The monoisotopic (exact) mass is 234 g/mol. The van der Waals surface area contributed by atoms with E-state index in [0.29, 0.717) is 6.61 Å². The molecular weight excluding hydrogens is 208 g/mol. The van der Waals surface area contributed by atoms with Gasteiger partial charge in [-0.15, -0.1) is 6.58 Å². The summed E-state index contributed by atoms with van der Waals surface area (Å²) in [4.78, 5) is 0. The van der Waals surface area contributed by atoms with Gasteiger partial charge in [-0.3, -0.25) is 0 Å². The lowest BCUT2D eigenvalue weighted by atomic mass is 10.3. The summed E-state index contributed by atoms with van der Waals surface area (Å²) in [7, 11) is 0. The number of unbranched alkanes of at least 4 members (excludes halogenated alkanes) is 2. The lowest BCUT2D eigenvalue weighted by Gasteiger charge is -2.15. The number of aliphatic hydroxyl groups is 3. The molecule has 0 aromatic carbocycles. The Morgan fingerprint density at radius 2 is 1.81 bits per heavy atom. The van der Waals surface area contributed by atoms with Crippen LogP contribution >= 0.6 is 0 Å². The SMILES string of the molecule is C=CCC.CCCCCOC(O)C(O)CO. The highest BCUT2D eigenvalue weighted by atomic mass is 16.6. The van der Waals surface area contributed by atoms with E-state index in [1.165, 1.54) is 0 Å². The smallest absolute Gasteiger partial charge is 0.183 e. The lowest BCUT2D eigenvalue weighted by molar-refractivity contribution is -0.171. The van der Waals surface area contributed by atoms with Gasteiger partial charge in [0.05, 0.1) is 6.61 Å². The number of aliphatic hydroxyl groups excluding tert-OH is 3. The van der Waals surface area contributed by atoms with Gasteiger partial charge < -0.3 is 20.1 Å². The number of hydrogen-bond donors (Lipinski definition) is 3. The Balaban J connectivity index is 0. The van der Waals surface area contributed by atoms with Crippen molar-refractivity contribution >= 4 is 0 Å². The van der Waals surface area contributed by atoms with E-state index in [4.69, 9.17) is 20.1 Å². The van der Waals surface area contributed by atoms with Crippen LogP contribution in [0.25, 0.3) is 0 Å². The van der Waals surface area contributed by atoms with Crippen LogP contribution < -0.4 is 0 Å². The molecule has 0 bridgehead atoms. The zero-order valence-electron chi connectivity index (χ0n) is 10.4. The second-order valence-electron chi connectivity index (χ2n) is 3.42. The highest BCUT2D eigenvalue weighted by molar-refractivity contribution is 4.60. The van der Waals surface area contributed by atoms with E-state index < -0.39 is 19.0 Å². The Labute approximate surface area is 98.6 Å². The van der Waals surface area contributed by atoms with E-state index in [1.54, 1.807) is 0 Å². The van der Waals surface area contributed by atoms with E-state index in [1.807, 2.05) is 6.08 Å². The summed E-state index contributed by atoms with van der Waals surface area (Å²) in [6.07, 6.45) is 3.51. The van der Waals surface area contributed by atoms with Crippen LogP contribution in [0.1, 0.15) is 39.5 Å². The summed E-state index contributed by atoms with van der Waals surface area (Å²) in [5.74, 6) is 0. The van der Waals surface area contributed by atoms with E-state index in [2.05, 4.69) is 20.4 Å². The van der Waals surface area contributed by atoms with E-state index >= 15 is 0 Å². The van der Waals surface area contributed by atoms with Crippen molar-refractivity contribution in [3.05, 3.63) is 12.7 Å². The van der Waals surface area contributed by atoms with Gasteiger partial charge in [0.2, 0.25) is 0 Å². The third-order valence-corrected chi connectivity index (χ3v) is 1.84. The van der Waals surface area contributed by atoms with Gasteiger partial charge >= 0.3 is 0 Å². The molecule has 2 atom stereocenters. The summed E-state index contributed by atoms with van der Waals surface area (Å²) in [6.45, 7) is 7.56. The molecule has 0 fully saturated rings. The molecule has 0 radical (unpaired) electrons. The van der Waals surface area contributed by atoms with Gasteiger partial charge in [-0.2, -0.15) is 0 Å². The van der Waals surface area contributed by atoms with Gasteiger partial charge in [0.15, 0.2) is 6.29 Å². The average molecular weight is 234 g/mol. The van der Waals surface area contributed by atoms with Gasteiger partial charge in [0, 0.05) is 6.61 Å². The highest BCUT2D eigenvalue weighted by Gasteiger charge is 2.14. The second kappa shape index (κ2) is 14.6. The molecule has 0 aliphatic rings. The summed E-state index contributed by atoms with van der Waals surface area (Å²) in [5, 5.41) is 26.3. The lowest BCUT2D eigenvalue weighted by Crippen LogP contribution is -2.31. The van der Waals surface area contributed by atoms with Crippen molar-refractivity contribution in [2.75, 3.05) is 13.2 Å². The highest BCUT2D eigenvalue weighted by Crippen LogP contribution is 1.99. The normalized spacial score (nSPS) is 13.6. The Hall–Kier alpha value is -0.420. The van der Waals surface area contributed by atoms with Crippen LogP contribution in [0.3, 0.4) is 0 Å². The topological polar surface area (TPSA) is 69.9 Å². The van der Waals surface area contributed by atoms with Crippen LogP contribution in [0.2, 0.25) is 0 Å². The minimum absolute atomic E-state index is 0.423. The van der Waals surface area contributed by atoms with E-state index in [-0.39, 0.29) is 0 Å². The van der Waals surface area contributed by atoms with Gasteiger partial charge in [-0.05, 0) is 12.8 Å². The van der Waals surface area contributed by atoms with Crippen molar-refractivity contribution in [2.45, 2.75) is 51.9 Å². The van der Waals surface area contributed by atoms with Gasteiger partial charge in [0.25, 0.3) is 0 Å². The molecule has 3 N–H and O–H groups in total. The fraction of sp³-hybridized carbons (Fsp3) is 0.833. The van der Waals surface area contributed by atoms with Crippen LogP contribution in [-0.2, 0) is 4.74 Å². The van der Waals surface area contributed by atoms with Crippen LogP contribution in [0.5, 0.6) is 0 Å². The summed E-state index contributed by atoms with van der Waals surface area (Å²) < 4.78 is 4.84. The zero-order valence-corrected chi connectivity index (χ0v) is 10.4. The minimum Gasteiger partial charge on any atom is -0.393 e. The van der Waals surface area contributed by atoms with Crippen LogP contribution in [-0.4, -0.2) is 40.9 Å². The quantitative estimate of drug-likeness (QED) is 0.338. The van der Waals surface area contributed by atoms with Crippen molar-refractivity contribution in [3.8, 4) is 0 Å². The van der Waals surface area contributed by atoms with Crippen molar-refractivity contribution in [1.29, 1.82) is 0 Å². The van der Waals surface area contributed by atoms with Gasteiger partial charge in [-0.25, -0.2) is 0 Å². The molecule has 0 saturated heterocycles. The molecule has 0 aromatic heterocycles. The molecule has 0 aliphatic carbocycles. The predicted octanol–water partition coefficient (Wildman–Crippen LogP) is 1.45. The Morgan fingerprint density at radius 1 is 1.25 bits per heavy atom. The molecule has 0 spiro atoms. The molecule has 0 heterocycles. The number of ether oxygens (including phenoxy) is 1. The first-order chi connectivity index (χ1) is 7.63. The molecule has 2 unspecified atom stereocenters. The number of allylic oxidation sites excluding steroid dienone is 1. The van der Waals surface area contributed by atoms with Crippen molar-refractivity contribution < 1.29 is 20.1 Å². The van der Waals surface area contributed by atoms with Crippen LogP contribution in [0.15, 0.2) is 12.7 Å². The second-order valence-corrected chi connectivity index (χ2v) is 3.42. The molecule has 0 rings (SSSR count). The molecule has 0 amide bonds. The molecule has 0 aromatic rings. The first-order valence-electron chi connectivity index (χ1n) is 5.83. The summed E-state index contributed by atoms with van der Waals surface area (Å²) in [6, 6.07) is 0. The first kappa shape index (κ1) is 18.0. The maximum Gasteiger partial charge on any atom is 0.183 e. The van der Waals surface area contributed by atoms with Gasteiger partial charge in [-0.1, -0.05) is 32.8 Å². The van der Waals surface area contributed by atoms with Crippen LogP contribution in [0, 0.1) is 0 Å². The molecule has 4 heteroatoms. The number of hydrogen-bond acceptors (Lipinski definition) is 4. The zero-order chi connectivity index (χ0) is 12.8. The average Bonchev–Trinajstić information content (AvgIpc) is 2.33. The van der Waals surface area contributed by atoms with Gasteiger partial charge in [0.1, 0.15) is 6.10 Å². The molecule has 16 heavy (non-hydrogen) atoms. The Morgan fingerprint density at radius 3 is 2.19 bits per heavy atom. The standard InChI is InChI=1S/C8H18O4.C4H8/c1-2-3-4-5-12-8(11)7(10)6-9;1-3-4-2/h7-11H,2-6H2,1H3;3H,1,4H2,2H3. The first-order valence-corrected chi connectivity index (χ1v) is 5.83. The fourth-order valence-corrected chi connectivity index (χ4v) is 0.757. The predicted molar refractivity (Wildman–Crippen MR) is 65.1 cm³/mol. The third kappa shape index (κ3) is 13.6. The molecule has 4 nitrogen and oxygen atoms in total. The largest absolute Gasteiger partial charge is 0.393 e. The van der Waals surface area contributed by atoms with E-state index in [0.717, 1.165) is 25.7 Å². The van der Waals surface area contributed by atoms with Crippen LogP contribution in [0.4, 0.5) is 0 Å². The van der Waals surface area contributed by atoms with Crippen molar-refractivity contribution in [1.82, 2.24) is 0 Å². The third-order valence-electron chi connectivity index (χ3n) is 1.84. The number of rotatable bonds is 8. The fourth-order valence-electron chi connectivity index (χ4n) is 0.757. The summed E-state index contributed by atoms with van der Waals surface area (Å²) in [5.41, 5.74) is 0. The van der Waals surface area contributed by atoms with Crippen molar-refractivity contribution in [2.24, 2.45) is 0 Å². The van der Waals surface area contributed by atoms with E-state index in [9.17, 15) is 0 Å². The maximum atomic E-state index is 8.98. The summed E-state index contributed by atoms with van der Waals surface area (Å²) >= 11 is 0. The van der Waals surface area contributed by atoms with Crippen molar-refractivity contribution in [3.63, 3.8) is 0 Å². The minimum atomic E-state index is -1.26.